The van der Waals surface area contributed by atoms with Gasteiger partial charge < -0.3 is 10.6 Å². The average molecular weight is 351 g/mol. The largest absolute Gasteiger partial charge is 0.352 e. The number of halogens is 1. The van der Waals surface area contributed by atoms with E-state index in [1.165, 1.54) is 12.1 Å². The molecular formula is C20H22FN5. The second-order valence-corrected chi connectivity index (χ2v) is 6.24. The maximum absolute atomic E-state index is 13.3. The molecule has 0 aliphatic carbocycles. The lowest BCUT2D eigenvalue weighted by Gasteiger charge is -2.15. The van der Waals surface area contributed by atoms with Crippen LogP contribution in [0.4, 0.5) is 21.8 Å². The van der Waals surface area contributed by atoms with E-state index in [1.54, 1.807) is 18.5 Å². The molecule has 2 heterocycles. The summed E-state index contributed by atoms with van der Waals surface area (Å²) in [7, 11) is 0. The highest BCUT2D eigenvalue weighted by atomic mass is 19.1. The first-order chi connectivity index (χ1) is 12.5. The van der Waals surface area contributed by atoms with E-state index < -0.39 is 0 Å². The van der Waals surface area contributed by atoms with Crippen molar-refractivity contribution in [2.45, 2.75) is 33.2 Å². The standard InChI is InChI=1S/C20H22FN5/c1-4-14(3)23-20-25-18(15-7-9-22-10-8-15)12-19(26-20)24-17-6-5-16(21)11-13(17)2/h5-12,14H,4H2,1-3H3,(H2,23,24,25,26)/t14-/m1/s1. The van der Waals surface area contributed by atoms with E-state index in [1.807, 2.05) is 25.1 Å². The zero-order chi connectivity index (χ0) is 18.5. The Balaban J connectivity index is 1.98. The third-order valence-electron chi connectivity index (χ3n) is 4.14. The highest BCUT2D eigenvalue weighted by Gasteiger charge is 2.10. The molecule has 0 unspecified atom stereocenters. The second-order valence-electron chi connectivity index (χ2n) is 6.24. The molecule has 0 fully saturated rings. The van der Waals surface area contributed by atoms with Crippen LogP contribution >= 0.6 is 0 Å². The predicted molar refractivity (Wildman–Crippen MR) is 103 cm³/mol. The lowest BCUT2D eigenvalue weighted by atomic mass is 10.1. The van der Waals surface area contributed by atoms with Gasteiger partial charge in [-0.05, 0) is 56.2 Å². The summed E-state index contributed by atoms with van der Waals surface area (Å²) in [6.07, 6.45) is 4.43. The van der Waals surface area contributed by atoms with E-state index in [4.69, 9.17) is 0 Å². The average Bonchev–Trinajstić information content (AvgIpc) is 2.64. The summed E-state index contributed by atoms with van der Waals surface area (Å²) < 4.78 is 13.3. The van der Waals surface area contributed by atoms with Gasteiger partial charge in [0.15, 0.2) is 0 Å². The van der Waals surface area contributed by atoms with Crippen molar-refractivity contribution in [3.05, 3.63) is 60.2 Å². The van der Waals surface area contributed by atoms with Gasteiger partial charge >= 0.3 is 0 Å². The summed E-state index contributed by atoms with van der Waals surface area (Å²) in [5.41, 5.74) is 3.36. The first kappa shape index (κ1) is 17.8. The quantitative estimate of drug-likeness (QED) is 0.658. The minimum Gasteiger partial charge on any atom is -0.352 e. The molecule has 0 aliphatic rings. The normalized spacial score (nSPS) is 11.8. The molecule has 2 aromatic heterocycles. The summed E-state index contributed by atoms with van der Waals surface area (Å²) in [6, 6.07) is 10.6. The van der Waals surface area contributed by atoms with Crippen LogP contribution in [-0.4, -0.2) is 21.0 Å². The van der Waals surface area contributed by atoms with Crippen molar-refractivity contribution in [3.63, 3.8) is 0 Å². The van der Waals surface area contributed by atoms with Crippen molar-refractivity contribution >= 4 is 17.5 Å². The number of nitrogens with zero attached hydrogens (tertiary/aromatic N) is 3. The van der Waals surface area contributed by atoms with Gasteiger partial charge in [-0.15, -0.1) is 0 Å². The predicted octanol–water partition coefficient (Wildman–Crippen LogP) is 4.94. The fourth-order valence-corrected chi connectivity index (χ4v) is 2.47. The molecule has 0 bridgehead atoms. The van der Waals surface area contributed by atoms with E-state index in [0.717, 1.165) is 28.9 Å². The molecule has 0 saturated carbocycles. The minimum absolute atomic E-state index is 0.253. The Kier molecular flexibility index (Phi) is 5.41. The van der Waals surface area contributed by atoms with Crippen LogP contribution in [0.5, 0.6) is 0 Å². The Labute approximate surface area is 152 Å². The van der Waals surface area contributed by atoms with Crippen LogP contribution in [0.15, 0.2) is 48.8 Å². The number of aromatic nitrogens is 3. The molecule has 0 saturated heterocycles. The van der Waals surface area contributed by atoms with Crippen LogP contribution in [0.2, 0.25) is 0 Å². The number of rotatable bonds is 6. The Bertz CT molecular complexity index is 883. The van der Waals surface area contributed by atoms with Crippen LogP contribution in [0.3, 0.4) is 0 Å². The first-order valence-corrected chi connectivity index (χ1v) is 8.64. The van der Waals surface area contributed by atoms with Crippen molar-refractivity contribution < 1.29 is 4.39 Å². The summed E-state index contributed by atoms with van der Waals surface area (Å²) in [6.45, 7) is 6.04. The number of pyridine rings is 1. The molecule has 1 aromatic carbocycles. The van der Waals surface area contributed by atoms with Gasteiger partial charge in [-0.25, -0.2) is 9.37 Å². The van der Waals surface area contributed by atoms with E-state index in [9.17, 15) is 4.39 Å². The van der Waals surface area contributed by atoms with E-state index >= 15 is 0 Å². The first-order valence-electron chi connectivity index (χ1n) is 8.64. The molecule has 6 heteroatoms. The van der Waals surface area contributed by atoms with Crippen molar-refractivity contribution in [1.29, 1.82) is 0 Å². The molecule has 3 rings (SSSR count). The van der Waals surface area contributed by atoms with Gasteiger partial charge in [0, 0.05) is 35.8 Å². The molecule has 134 valence electrons. The van der Waals surface area contributed by atoms with Crippen molar-refractivity contribution in [1.82, 2.24) is 15.0 Å². The van der Waals surface area contributed by atoms with Gasteiger partial charge in [0.1, 0.15) is 11.6 Å². The SMILES string of the molecule is CC[C@@H](C)Nc1nc(Nc2ccc(F)cc2C)cc(-c2ccncc2)n1. The van der Waals surface area contributed by atoms with Crippen LogP contribution in [0.1, 0.15) is 25.8 Å². The van der Waals surface area contributed by atoms with Crippen LogP contribution in [-0.2, 0) is 0 Å². The Morgan fingerprint density at radius 3 is 2.54 bits per heavy atom. The highest BCUT2D eigenvalue weighted by Crippen LogP contribution is 2.25. The zero-order valence-electron chi connectivity index (χ0n) is 15.1. The van der Waals surface area contributed by atoms with Crippen molar-refractivity contribution in [3.8, 4) is 11.3 Å². The maximum atomic E-state index is 13.3. The van der Waals surface area contributed by atoms with Gasteiger partial charge in [-0.2, -0.15) is 4.98 Å². The number of hydrogen-bond donors (Lipinski definition) is 2. The van der Waals surface area contributed by atoms with Gasteiger partial charge in [0.25, 0.3) is 0 Å². The van der Waals surface area contributed by atoms with Crippen LogP contribution in [0.25, 0.3) is 11.3 Å². The zero-order valence-corrected chi connectivity index (χ0v) is 15.1. The fourth-order valence-electron chi connectivity index (χ4n) is 2.47. The van der Waals surface area contributed by atoms with Crippen LogP contribution in [0, 0.1) is 12.7 Å². The fraction of sp³-hybridized carbons (Fsp3) is 0.250. The summed E-state index contributed by atoms with van der Waals surface area (Å²) in [4.78, 5) is 13.2. The van der Waals surface area contributed by atoms with Crippen molar-refractivity contribution in [2.75, 3.05) is 10.6 Å². The van der Waals surface area contributed by atoms with E-state index in [-0.39, 0.29) is 11.9 Å². The maximum Gasteiger partial charge on any atom is 0.225 e. The molecular weight excluding hydrogens is 329 g/mol. The minimum atomic E-state index is -0.257. The molecule has 2 N–H and O–H groups in total. The summed E-state index contributed by atoms with van der Waals surface area (Å²) in [5.74, 6) is 0.940. The summed E-state index contributed by atoms with van der Waals surface area (Å²) >= 11 is 0. The molecule has 5 nitrogen and oxygen atoms in total. The molecule has 26 heavy (non-hydrogen) atoms. The second kappa shape index (κ2) is 7.91. The van der Waals surface area contributed by atoms with Gasteiger partial charge in [0.2, 0.25) is 5.95 Å². The Morgan fingerprint density at radius 2 is 1.85 bits per heavy atom. The van der Waals surface area contributed by atoms with E-state index in [2.05, 4.69) is 39.4 Å². The Morgan fingerprint density at radius 1 is 1.08 bits per heavy atom. The molecule has 0 amide bonds. The smallest absolute Gasteiger partial charge is 0.225 e. The Hall–Kier alpha value is -3.02. The number of hydrogen-bond acceptors (Lipinski definition) is 5. The van der Waals surface area contributed by atoms with Gasteiger partial charge in [-0.1, -0.05) is 6.92 Å². The van der Waals surface area contributed by atoms with Crippen LogP contribution < -0.4 is 10.6 Å². The third-order valence-corrected chi connectivity index (χ3v) is 4.14. The lowest BCUT2D eigenvalue weighted by molar-refractivity contribution is 0.627. The van der Waals surface area contributed by atoms with Gasteiger partial charge in [-0.3, -0.25) is 4.98 Å². The highest BCUT2D eigenvalue weighted by molar-refractivity contribution is 5.68. The molecule has 0 spiro atoms. The van der Waals surface area contributed by atoms with Gasteiger partial charge in [0.05, 0.1) is 5.69 Å². The molecule has 0 aliphatic heterocycles. The summed E-state index contributed by atoms with van der Waals surface area (Å²) in [5, 5.41) is 6.58. The molecule has 0 radical (unpaired) electrons. The molecule has 3 aromatic rings. The number of aryl methyl sites for hydroxylation is 1. The topological polar surface area (TPSA) is 62.7 Å². The third kappa shape index (κ3) is 4.33. The number of benzene rings is 1. The number of nitrogens with one attached hydrogen (secondary N) is 2. The number of anilines is 3. The lowest BCUT2D eigenvalue weighted by Crippen LogP contribution is -2.16. The van der Waals surface area contributed by atoms with Crippen molar-refractivity contribution in [2.24, 2.45) is 0 Å². The monoisotopic (exact) mass is 351 g/mol. The molecule has 1 atom stereocenters. The van der Waals surface area contributed by atoms with E-state index in [0.29, 0.717) is 11.8 Å².